The molecule has 2 rings (SSSR count). The Morgan fingerprint density at radius 3 is 2.88 bits per heavy atom. The van der Waals surface area contributed by atoms with Crippen LogP contribution in [0.25, 0.3) is 0 Å². The van der Waals surface area contributed by atoms with Gasteiger partial charge in [-0.15, -0.1) is 5.10 Å². The molecule has 1 aromatic heterocycles. The Morgan fingerprint density at radius 1 is 1.47 bits per heavy atom. The summed E-state index contributed by atoms with van der Waals surface area (Å²) in [6.07, 6.45) is 1.70. The van der Waals surface area contributed by atoms with Gasteiger partial charge in [0.15, 0.2) is 0 Å². The SMILES string of the molecule is COc1ccc(Cn2cc(CN)nn2)c(F)c1. The molecule has 0 radical (unpaired) electrons. The molecule has 0 bridgehead atoms. The number of methoxy groups -OCH3 is 1. The maximum absolute atomic E-state index is 13.6. The van der Waals surface area contributed by atoms with E-state index in [2.05, 4.69) is 10.3 Å². The minimum Gasteiger partial charge on any atom is -0.497 e. The van der Waals surface area contributed by atoms with Gasteiger partial charge in [-0.2, -0.15) is 0 Å². The second-order valence-corrected chi connectivity index (χ2v) is 3.57. The predicted octanol–water partition coefficient (Wildman–Crippen LogP) is 0.933. The number of aromatic nitrogens is 3. The number of hydrogen-bond acceptors (Lipinski definition) is 4. The highest BCUT2D eigenvalue weighted by molar-refractivity contribution is 5.28. The monoisotopic (exact) mass is 236 g/mol. The molecular weight excluding hydrogens is 223 g/mol. The highest BCUT2D eigenvalue weighted by Crippen LogP contribution is 2.16. The van der Waals surface area contributed by atoms with Crippen molar-refractivity contribution in [3.63, 3.8) is 0 Å². The van der Waals surface area contributed by atoms with Gasteiger partial charge in [0.05, 0.1) is 25.5 Å². The number of nitrogens with two attached hydrogens (primary N) is 1. The van der Waals surface area contributed by atoms with E-state index < -0.39 is 0 Å². The maximum atomic E-state index is 13.6. The lowest BCUT2D eigenvalue weighted by Crippen LogP contribution is -2.03. The van der Waals surface area contributed by atoms with Gasteiger partial charge in [0, 0.05) is 18.2 Å². The van der Waals surface area contributed by atoms with Crippen molar-refractivity contribution in [3.05, 3.63) is 41.5 Å². The lowest BCUT2D eigenvalue weighted by Gasteiger charge is -2.05. The van der Waals surface area contributed by atoms with Crippen molar-refractivity contribution in [2.45, 2.75) is 13.1 Å². The molecule has 0 unspecified atom stereocenters. The highest BCUT2D eigenvalue weighted by Gasteiger charge is 2.06. The smallest absolute Gasteiger partial charge is 0.131 e. The van der Waals surface area contributed by atoms with Crippen molar-refractivity contribution in [1.82, 2.24) is 15.0 Å². The van der Waals surface area contributed by atoms with Gasteiger partial charge in [0.1, 0.15) is 11.6 Å². The molecule has 5 nitrogen and oxygen atoms in total. The number of rotatable bonds is 4. The Morgan fingerprint density at radius 2 is 2.29 bits per heavy atom. The Balaban J connectivity index is 2.18. The summed E-state index contributed by atoms with van der Waals surface area (Å²) in [6.45, 7) is 0.647. The maximum Gasteiger partial charge on any atom is 0.131 e. The van der Waals surface area contributed by atoms with E-state index >= 15 is 0 Å². The average Bonchev–Trinajstić information content (AvgIpc) is 2.79. The predicted molar refractivity (Wildman–Crippen MR) is 60.0 cm³/mol. The molecule has 0 aliphatic carbocycles. The first-order valence-corrected chi connectivity index (χ1v) is 5.14. The van der Waals surface area contributed by atoms with E-state index in [1.807, 2.05) is 0 Å². The van der Waals surface area contributed by atoms with E-state index in [0.717, 1.165) is 0 Å². The molecule has 0 atom stereocenters. The molecule has 2 aromatic rings. The molecule has 2 N–H and O–H groups in total. The molecule has 0 fully saturated rings. The van der Waals surface area contributed by atoms with Crippen LogP contribution in [0.4, 0.5) is 4.39 Å². The van der Waals surface area contributed by atoms with Crippen molar-refractivity contribution >= 4 is 0 Å². The van der Waals surface area contributed by atoms with Crippen molar-refractivity contribution in [2.24, 2.45) is 5.73 Å². The lowest BCUT2D eigenvalue weighted by atomic mass is 10.2. The van der Waals surface area contributed by atoms with E-state index in [-0.39, 0.29) is 5.82 Å². The normalized spacial score (nSPS) is 10.5. The summed E-state index contributed by atoms with van der Waals surface area (Å²) in [7, 11) is 1.50. The fourth-order valence-electron chi connectivity index (χ4n) is 1.47. The molecule has 17 heavy (non-hydrogen) atoms. The van der Waals surface area contributed by atoms with Crippen LogP contribution in [0.15, 0.2) is 24.4 Å². The molecule has 6 heteroatoms. The van der Waals surface area contributed by atoms with Crippen LogP contribution in [-0.4, -0.2) is 22.1 Å². The second kappa shape index (κ2) is 4.92. The van der Waals surface area contributed by atoms with E-state index in [1.165, 1.54) is 13.2 Å². The van der Waals surface area contributed by atoms with E-state index in [1.54, 1.807) is 23.0 Å². The van der Waals surface area contributed by atoms with Crippen LogP contribution in [-0.2, 0) is 13.1 Å². The number of hydrogen-bond donors (Lipinski definition) is 1. The Kier molecular flexibility index (Phi) is 3.34. The molecule has 1 heterocycles. The second-order valence-electron chi connectivity index (χ2n) is 3.57. The molecule has 0 saturated heterocycles. The summed E-state index contributed by atoms with van der Waals surface area (Å²) in [6, 6.07) is 4.72. The highest BCUT2D eigenvalue weighted by atomic mass is 19.1. The fraction of sp³-hybridized carbons (Fsp3) is 0.273. The van der Waals surface area contributed by atoms with Gasteiger partial charge in [-0.3, -0.25) is 0 Å². The number of halogens is 1. The van der Waals surface area contributed by atoms with E-state index in [9.17, 15) is 4.39 Å². The first kappa shape index (κ1) is 11.5. The molecule has 0 amide bonds. The van der Waals surface area contributed by atoms with Crippen LogP contribution in [0.3, 0.4) is 0 Å². The minimum absolute atomic E-state index is 0.322. The Bertz CT molecular complexity index is 512. The van der Waals surface area contributed by atoms with Crippen LogP contribution in [0, 0.1) is 5.82 Å². The zero-order valence-electron chi connectivity index (χ0n) is 9.43. The third kappa shape index (κ3) is 2.59. The zero-order chi connectivity index (χ0) is 12.3. The molecule has 0 aliphatic rings. The lowest BCUT2D eigenvalue weighted by molar-refractivity contribution is 0.410. The molecular formula is C11H13FN4O. The first-order chi connectivity index (χ1) is 8.22. The molecule has 1 aromatic carbocycles. The van der Waals surface area contributed by atoms with Crippen molar-refractivity contribution < 1.29 is 9.13 Å². The third-order valence-electron chi connectivity index (χ3n) is 2.39. The molecule has 90 valence electrons. The summed E-state index contributed by atoms with van der Waals surface area (Å²) >= 11 is 0. The molecule has 0 spiro atoms. The van der Waals surface area contributed by atoms with Crippen molar-refractivity contribution in [2.75, 3.05) is 7.11 Å². The van der Waals surface area contributed by atoms with Gasteiger partial charge in [0.2, 0.25) is 0 Å². The fourth-order valence-corrected chi connectivity index (χ4v) is 1.47. The van der Waals surface area contributed by atoms with Crippen LogP contribution in [0.5, 0.6) is 5.75 Å². The summed E-state index contributed by atoms with van der Waals surface area (Å²) in [5.41, 5.74) is 6.62. The van der Waals surface area contributed by atoms with Gasteiger partial charge in [-0.05, 0) is 6.07 Å². The van der Waals surface area contributed by atoms with Gasteiger partial charge in [0.25, 0.3) is 0 Å². The van der Waals surface area contributed by atoms with E-state index in [0.29, 0.717) is 30.1 Å². The van der Waals surface area contributed by atoms with Crippen LogP contribution in [0.1, 0.15) is 11.3 Å². The standard InChI is InChI=1S/C11H13FN4O/c1-17-10-3-2-8(11(12)4-10)6-16-7-9(5-13)14-15-16/h2-4,7H,5-6,13H2,1H3. The number of benzene rings is 1. The topological polar surface area (TPSA) is 66.0 Å². The summed E-state index contributed by atoms with van der Waals surface area (Å²) in [5, 5.41) is 7.69. The average molecular weight is 236 g/mol. The first-order valence-electron chi connectivity index (χ1n) is 5.14. The quantitative estimate of drug-likeness (QED) is 0.857. The zero-order valence-corrected chi connectivity index (χ0v) is 9.43. The van der Waals surface area contributed by atoms with Crippen LogP contribution < -0.4 is 10.5 Å². The van der Waals surface area contributed by atoms with Gasteiger partial charge >= 0.3 is 0 Å². The summed E-state index contributed by atoms with van der Waals surface area (Å²) in [5.74, 6) is 0.168. The van der Waals surface area contributed by atoms with Gasteiger partial charge in [-0.25, -0.2) is 9.07 Å². The van der Waals surface area contributed by atoms with Crippen molar-refractivity contribution in [1.29, 1.82) is 0 Å². The largest absolute Gasteiger partial charge is 0.497 e. The van der Waals surface area contributed by atoms with Gasteiger partial charge in [-0.1, -0.05) is 11.3 Å². The van der Waals surface area contributed by atoms with Gasteiger partial charge < -0.3 is 10.5 Å². The minimum atomic E-state index is -0.325. The Labute approximate surface area is 98.0 Å². The van der Waals surface area contributed by atoms with Crippen molar-refractivity contribution in [3.8, 4) is 5.75 Å². The molecule has 0 saturated carbocycles. The number of ether oxygens (including phenoxy) is 1. The van der Waals surface area contributed by atoms with Crippen LogP contribution in [0.2, 0.25) is 0 Å². The van der Waals surface area contributed by atoms with Crippen LogP contribution >= 0.6 is 0 Å². The molecule has 0 aliphatic heterocycles. The number of nitrogens with zero attached hydrogens (tertiary/aromatic N) is 3. The summed E-state index contributed by atoms with van der Waals surface area (Å²) < 4.78 is 20.1. The summed E-state index contributed by atoms with van der Waals surface area (Å²) in [4.78, 5) is 0. The van der Waals surface area contributed by atoms with E-state index in [4.69, 9.17) is 10.5 Å². The Hall–Kier alpha value is -1.95. The third-order valence-corrected chi connectivity index (χ3v) is 2.39.